The number of hydrogen-bond donors (Lipinski definition) is 1. The zero-order valence-electron chi connectivity index (χ0n) is 7.83. The molecule has 3 saturated carbocycles. The van der Waals surface area contributed by atoms with Crippen molar-refractivity contribution in [3.05, 3.63) is 0 Å². The van der Waals surface area contributed by atoms with E-state index >= 15 is 0 Å². The van der Waals surface area contributed by atoms with Gasteiger partial charge in [0, 0.05) is 14.1 Å². The van der Waals surface area contributed by atoms with E-state index in [4.69, 9.17) is 5.11 Å². The molecule has 3 aliphatic rings. The van der Waals surface area contributed by atoms with Crippen LogP contribution in [0.4, 0.5) is 0 Å². The molecule has 4 nitrogen and oxygen atoms in total. The smallest absolute Gasteiger partial charge is 0.309 e. The van der Waals surface area contributed by atoms with Gasteiger partial charge in [-0.2, -0.15) is 0 Å². The van der Waals surface area contributed by atoms with Crippen LogP contribution in [0, 0.1) is 10.8 Å². The number of carbonyl (C=O) groups excluding carboxylic acids is 1. The minimum absolute atomic E-state index is 0.0932. The van der Waals surface area contributed by atoms with Gasteiger partial charge in [-0.05, 0) is 19.3 Å². The first kappa shape index (κ1) is 8.53. The van der Waals surface area contributed by atoms with Gasteiger partial charge in [0.25, 0.3) is 0 Å². The highest BCUT2D eigenvalue weighted by molar-refractivity contribution is 5.92. The molecule has 3 rings (SSSR count). The largest absolute Gasteiger partial charge is 0.481 e. The van der Waals surface area contributed by atoms with Crippen LogP contribution >= 0.6 is 0 Å². The van der Waals surface area contributed by atoms with E-state index in [1.807, 2.05) is 0 Å². The lowest BCUT2D eigenvalue weighted by molar-refractivity contribution is -0.224. The van der Waals surface area contributed by atoms with E-state index in [0.29, 0.717) is 19.3 Å². The Hall–Kier alpha value is -1.06. The molecule has 72 valence electrons. The molecule has 0 aromatic carbocycles. The van der Waals surface area contributed by atoms with Crippen molar-refractivity contribution in [2.45, 2.75) is 19.3 Å². The maximum atomic E-state index is 11.6. The quantitative estimate of drug-likeness (QED) is 0.671. The SMILES string of the molecule is CN(C)C(=O)C12CC(C(=O)O)(C1)C2. The van der Waals surface area contributed by atoms with Crippen LogP contribution in [0.15, 0.2) is 0 Å². The third-order valence-electron chi connectivity index (χ3n) is 3.34. The summed E-state index contributed by atoms with van der Waals surface area (Å²) >= 11 is 0. The zero-order chi connectivity index (χ0) is 9.85. The lowest BCUT2D eigenvalue weighted by Gasteiger charge is -2.67. The van der Waals surface area contributed by atoms with Crippen molar-refractivity contribution in [1.29, 1.82) is 0 Å². The predicted octanol–water partition coefficient (Wildman–Crippen LogP) is 0.329. The molecule has 1 N–H and O–H groups in total. The molecule has 0 spiro atoms. The highest BCUT2D eigenvalue weighted by Crippen LogP contribution is 2.73. The number of nitrogens with zero attached hydrogens (tertiary/aromatic N) is 1. The first-order valence-corrected chi connectivity index (χ1v) is 4.37. The molecule has 0 atom stereocenters. The van der Waals surface area contributed by atoms with Gasteiger partial charge in [0.1, 0.15) is 0 Å². The molecule has 0 saturated heterocycles. The van der Waals surface area contributed by atoms with E-state index < -0.39 is 11.4 Å². The zero-order valence-corrected chi connectivity index (χ0v) is 7.83. The molecule has 0 aromatic rings. The van der Waals surface area contributed by atoms with Crippen molar-refractivity contribution in [2.24, 2.45) is 10.8 Å². The van der Waals surface area contributed by atoms with E-state index in [1.165, 1.54) is 0 Å². The third-order valence-corrected chi connectivity index (χ3v) is 3.34. The van der Waals surface area contributed by atoms with Crippen LogP contribution < -0.4 is 0 Å². The Balaban J connectivity index is 2.04. The van der Waals surface area contributed by atoms with Crippen molar-refractivity contribution < 1.29 is 14.7 Å². The van der Waals surface area contributed by atoms with E-state index in [9.17, 15) is 9.59 Å². The fourth-order valence-corrected chi connectivity index (χ4v) is 2.72. The van der Waals surface area contributed by atoms with Crippen LogP contribution in [0.25, 0.3) is 0 Å². The summed E-state index contributed by atoms with van der Waals surface area (Å²) in [6, 6.07) is 0. The number of aliphatic carboxylic acids is 1. The molecular formula is C9H13NO3. The molecule has 13 heavy (non-hydrogen) atoms. The summed E-state index contributed by atoms with van der Waals surface area (Å²) in [7, 11) is 3.44. The first-order chi connectivity index (χ1) is 5.92. The Morgan fingerprint density at radius 1 is 1.15 bits per heavy atom. The topological polar surface area (TPSA) is 57.6 Å². The number of carboxylic acid groups (broad SMARTS) is 1. The summed E-state index contributed by atoms with van der Waals surface area (Å²) in [5.41, 5.74) is -0.840. The second-order valence-corrected chi connectivity index (χ2v) is 4.60. The number of rotatable bonds is 2. The Kier molecular flexibility index (Phi) is 1.35. The van der Waals surface area contributed by atoms with E-state index in [-0.39, 0.29) is 11.3 Å². The average Bonchev–Trinajstić information content (AvgIpc) is 1.79. The van der Waals surface area contributed by atoms with Crippen molar-refractivity contribution in [3.63, 3.8) is 0 Å². The monoisotopic (exact) mass is 183 g/mol. The Morgan fingerprint density at radius 2 is 1.62 bits per heavy atom. The van der Waals surface area contributed by atoms with Gasteiger partial charge in [-0.1, -0.05) is 0 Å². The molecule has 4 heteroatoms. The standard InChI is InChI=1S/C9H13NO3/c1-10(2)6(11)8-3-9(4-8,5-8)7(12)13/h3-5H2,1-2H3,(H,12,13). The Morgan fingerprint density at radius 3 is 1.92 bits per heavy atom. The minimum atomic E-state index is -0.735. The van der Waals surface area contributed by atoms with E-state index in [0.717, 1.165) is 0 Å². The Labute approximate surface area is 76.5 Å². The third kappa shape index (κ3) is 0.806. The van der Waals surface area contributed by atoms with Crippen LogP contribution in [-0.4, -0.2) is 36.0 Å². The van der Waals surface area contributed by atoms with Gasteiger partial charge in [-0.15, -0.1) is 0 Å². The fourth-order valence-electron chi connectivity index (χ4n) is 2.72. The summed E-state index contributed by atoms with van der Waals surface area (Å²) in [5.74, 6) is -0.642. The molecule has 0 aromatic heterocycles. The van der Waals surface area contributed by atoms with Crippen LogP contribution in [0.5, 0.6) is 0 Å². The lowest BCUT2D eigenvalue weighted by Crippen LogP contribution is -2.70. The van der Waals surface area contributed by atoms with E-state index in [2.05, 4.69) is 0 Å². The maximum absolute atomic E-state index is 11.6. The van der Waals surface area contributed by atoms with Gasteiger partial charge < -0.3 is 10.0 Å². The van der Waals surface area contributed by atoms with Crippen molar-refractivity contribution in [1.82, 2.24) is 4.90 Å². The van der Waals surface area contributed by atoms with E-state index in [1.54, 1.807) is 19.0 Å². The highest BCUT2D eigenvalue weighted by Gasteiger charge is 2.75. The minimum Gasteiger partial charge on any atom is -0.481 e. The molecule has 1 amide bonds. The molecule has 0 aliphatic heterocycles. The molecular weight excluding hydrogens is 170 g/mol. The van der Waals surface area contributed by atoms with Gasteiger partial charge in [0.2, 0.25) is 5.91 Å². The van der Waals surface area contributed by atoms with Crippen molar-refractivity contribution >= 4 is 11.9 Å². The number of carbonyl (C=O) groups is 2. The van der Waals surface area contributed by atoms with Gasteiger partial charge >= 0.3 is 5.97 Å². The lowest BCUT2D eigenvalue weighted by atomic mass is 9.35. The summed E-state index contributed by atoms with van der Waals surface area (Å²) in [5, 5.41) is 8.84. The summed E-state index contributed by atoms with van der Waals surface area (Å²) in [6.45, 7) is 0. The number of carboxylic acids is 1. The van der Waals surface area contributed by atoms with Crippen molar-refractivity contribution in [2.75, 3.05) is 14.1 Å². The van der Waals surface area contributed by atoms with Gasteiger partial charge in [0.15, 0.2) is 0 Å². The fraction of sp³-hybridized carbons (Fsp3) is 0.778. The first-order valence-electron chi connectivity index (χ1n) is 4.37. The maximum Gasteiger partial charge on any atom is 0.309 e. The van der Waals surface area contributed by atoms with Crippen molar-refractivity contribution in [3.8, 4) is 0 Å². The Bertz CT molecular complexity index is 275. The van der Waals surface area contributed by atoms with Gasteiger partial charge in [-0.3, -0.25) is 9.59 Å². The molecule has 0 unspecified atom stereocenters. The average molecular weight is 183 g/mol. The normalized spacial score (nSPS) is 40.2. The van der Waals surface area contributed by atoms with Crippen LogP contribution in [0.3, 0.4) is 0 Å². The van der Waals surface area contributed by atoms with Crippen LogP contribution in [0.2, 0.25) is 0 Å². The second-order valence-electron chi connectivity index (χ2n) is 4.60. The van der Waals surface area contributed by atoms with Gasteiger partial charge in [-0.25, -0.2) is 0 Å². The van der Waals surface area contributed by atoms with Gasteiger partial charge in [0.05, 0.1) is 10.8 Å². The van der Waals surface area contributed by atoms with Crippen LogP contribution in [-0.2, 0) is 9.59 Å². The summed E-state index contributed by atoms with van der Waals surface area (Å²) in [6.07, 6.45) is 1.64. The summed E-state index contributed by atoms with van der Waals surface area (Å²) in [4.78, 5) is 23.9. The summed E-state index contributed by atoms with van der Waals surface area (Å²) < 4.78 is 0. The molecule has 3 fully saturated rings. The number of amides is 1. The number of hydrogen-bond acceptors (Lipinski definition) is 2. The predicted molar refractivity (Wildman–Crippen MR) is 45.0 cm³/mol. The van der Waals surface area contributed by atoms with Crippen LogP contribution in [0.1, 0.15) is 19.3 Å². The molecule has 3 aliphatic carbocycles. The molecule has 0 radical (unpaired) electrons. The molecule has 0 heterocycles. The second kappa shape index (κ2) is 2.05. The highest BCUT2D eigenvalue weighted by atomic mass is 16.4. The molecule has 2 bridgehead atoms.